The lowest BCUT2D eigenvalue weighted by Gasteiger charge is -2.09. The van der Waals surface area contributed by atoms with Crippen LogP contribution in [0.5, 0.6) is 0 Å². The van der Waals surface area contributed by atoms with Gasteiger partial charge in [0.05, 0.1) is 17.3 Å². The average molecular weight is 351 g/mol. The number of carbonyl (C=O) groups excluding carboxylic acids is 1. The minimum Gasteiger partial charge on any atom is -0.308 e. The van der Waals surface area contributed by atoms with E-state index in [9.17, 15) is 4.79 Å². The summed E-state index contributed by atoms with van der Waals surface area (Å²) in [5.41, 5.74) is 1.71. The normalized spacial score (nSPS) is 9.65. The Hall–Kier alpha value is -2.03. The highest BCUT2D eigenvalue weighted by molar-refractivity contribution is 9.10. The molecule has 0 bridgehead atoms. The van der Waals surface area contributed by atoms with Crippen molar-refractivity contribution in [3.63, 3.8) is 0 Å². The lowest BCUT2D eigenvalue weighted by molar-refractivity contribution is 0.262. The van der Waals surface area contributed by atoms with Gasteiger partial charge < -0.3 is 10.6 Å². The van der Waals surface area contributed by atoms with E-state index in [1.165, 1.54) is 0 Å². The predicted octanol–water partition coefficient (Wildman–Crippen LogP) is 4.62. The maximum absolute atomic E-state index is 11.8. The van der Waals surface area contributed by atoms with Crippen molar-refractivity contribution in [2.24, 2.45) is 0 Å². The topological polar surface area (TPSA) is 64.9 Å². The molecule has 100 valence electrons. The molecule has 0 aliphatic rings. The van der Waals surface area contributed by atoms with Crippen LogP contribution in [0.25, 0.3) is 0 Å². The molecule has 6 heteroatoms. The van der Waals surface area contributed by atoms with E-state index >= 15 is 0 Å². The summed E-state index contributed by atoms with van der Waals surface area (Å²) in [5, 5.41) is 14.6. The Morgan fingerprint density at radius 3 is 2.50 bits per heavy atom. The standard InChI is InChI=1S/C14H9BrClN3O/c15-12-6-3-10(16)7-13(12)19-14(20)18-11-4-1-9(8-17)2-5-11/h1-7H,(H2,18,19,20). The number of nitrogens with zero attached hydrogens (tertiary/aromatic N) is 1. The molecule has 0 aromatic heterocycles. The van der Waals surface area contributed by atoms with Gasteiger partial charge in [0.15, 0.2) is 0 Å². The summed E-state index contributed by atoms with van der Waals surface area (Å²) in [7, 11) is 0. The van der Waals surface area contributed by atoms with Gasteiger partial charge in [0.1, 0.15) is 0 Å². The maximum Gasteiger partial charge on any atom is 0.323 e. The number of halogens is 2. The zero-order valence-corrected chi connectivity index (χ0v) is 12.5. The lowest BCUT2D eigenvalue weighted by Crippen LogP contribution is -2.19. The van der Waals surface area contributed by atoms with Gasteiger partial charge in [0.25, 0.3) is 0 Å². The number of hydrogen-bond acceptors (Lipinski definition) is 2. The minimum absolute atomic E-state index is 0.391. The first-order valence-electron chi connectivity index (χ1n) is 5.62. The fraction of sp³-hybridized carbons (Fsp3) is 0. The molecule has 0 atom stereocenters. The van der Waals surface area contributed by atoms with Crippen LogP contribution in [0.15, 0.2) is 46.9 Å². The molecule has 0 fully saturated rings. The lowest BCUT2D eigenvalue weighted by atomic mass is 10.2. The molecule has 4 nitrogen and oxygen atoms in total. The minimum atomic E-state index is -0.391. The molecule has 0 aliphatic heterocycles. The SMILES string of the molecule is N#Cc1ccc(NC(=O)Nc2cc(Cl)ccc2Br)cc1. The number of urea groups is 1. The third kappa shape index (κ3) is 3.73. The van der Waals surface area contributed by atoms with Gasteiger partial charge in [0, 0.05) is 15.2 Å². The van der Waals surface area contributed by atoms with E-state index in [1.807, 2.05) is 6.07 Å². The summed E-state index contributed by atoms with van der Waals surface area (Å²) in [6, 6.07) is 13.3. The van der Waals surface area contributed by atoms with Crippen LogP contribution in [-0.2, 0) is 0 Å². The Morgan fingerprint density at radius 2 is 1.85 bits per heavy atom. The van der Waals surface area contributed by atoms with E-state index in [2.05, 4.69) is 26.6 Å². The summed E-state index contributed by atoms with van der Waals surface area (Å²) in [5.74, 6) is 0. The number of anilines is 2. The summed E-state index contributed by atoms with van der Waals surface area (Å²) in [6.45, 7) is 0. The van der Waals surface area contributed by atoms with Gasteiger partial charge in [-0.25, -0.2) is 4.79 Å². The largest absolute Gasteiger partial charge is 0.323 e. The van der Waals surface area contributed by atoms with Crippen molar-refractivity contribution in [3.05, 3.63) is 57.5 Å². The molecule has 0 radical (unpaired) electrons. The number of carbonyl (C=O) groups is 1. The zero-order chi connectivity index (χ0) is 14.5. The van der Waals surface area contributed by atoms with Crippen LogP contribution in [0.1, 0.15) is 5.56 Å². The summed E-state index contributed by atoms with van der Waals surface area (Å²) in [4.78, 5) is 11.8. The third-order valence-corrected chi connectivity index (χ3v) is 3.38. The molecular weight excluding hydrogens is 342 g/mol. The van der Waals surface area contributed by atoms with Crippen LogP contribution in [-0.4, -0.2) is 6.03 Å². The van der Waals surface area contributed by atoms with Crippen LogP contribution in [0.3, 0.4) is 0 Å². The molecular formula is C14H9BrClN3O. The number of nitrogens with one attached hydrogen (secondary N) is 2. The molecule has 0 saturated carbocycles. The number of hydrogen-bond donors (Lipinski definition) is 2. The van der Waals surface area contributed by atoms with E-state index in [-0.39, 0.29) is 0 Å². The summed E-state index contributed by atoms with van der Waals surface area (Å²) >= 11 is 9.20. The number of nitriles is 1. The van der Waals surface area contributed by atoms with Crippen molar-refractivity contribution in [1.82, 2.24) is 0 Å². The van der Waals surface area contributed by atoms with Crippen LogP contribution in [0.4, 0.5) is 16.2 Å². The number of benzene rings is 2. The Labute approximate surface area is 129 Å². The number of amides is 2. The molecule has 2 rings (SSSR count). The van der Waals surface area contributed by atoms with Gasteiger partial charge >= 0.3 is 6.03 Å². The number of rotatable bonds is 2. The third-order valence-electron chi connectivity index (χ3n) is 2.45. The first-order chi connectivity index (χ1) is 9.58. The van der Waals surface area contributed by atoms with E-state index in [4.69, 9.17) is 16.9 Å². The van der Waals surface area contributed by atoms with Gasteiger partial charge in [-0.1, -0.05) is 11.6 Å². The Kier molecular flexibility index (Phi) is 4.61. The molecule has 2 amide bonds. The molecule has 0 saturated heterocycles. The summed E-state index contributed by atoms with van der Waals surface area (Å²) in [6.07, 6.45) is 0. The Bertz CT molecular complexity index is 680. The zero-order valence-electron chi connectivity index (χ0n) is 10.2. The van der Waals surface area contributed by atoms with Crippen molar-refractivity contribution in [2.75, 3.05) is 10.6 Å². The Morgan fingerprint density at radius 1 is 1.15 bits per heavy atom. The van der Waals surface area contributed by atoms with Gasteiger partial charge in [-0.05, 0) is 58.4 Å². The van der Waals surface area contributed by atoms with E-state index in [0.717, 1.165) is 4.47 Å². The highest BCUT2D eigenvalue weighted by Gasteiger charge is 2.06. The quantitative estimate of drug-likeness (QED) is 0.830. The summed E-state index contributed by atoms with van der Waals surface area (Å²) < 4.78 is 0.733. The second-order valence-corrected chi connectivity index (χ2v) is 5.18. The highest BCUT2D eigenvalue weighted by Crippen LogP contribution is 2.26. The average Bonchev–Trinajstić information content (AvgIpc) is 2.43. The first-order valence-corrected chi connectivity index (χ1v) is 6.79. The Balaban J connectivity index is 2.05. The van der Waals surface area contributed by atoms with Crippen LogP contribution < -0.4 is 10.6 Å². The van der Waals surface area contributed by atoms with Gasteiger partial charge in [-0.15, -0.1) is 0 Å². The molecule has 0 spiro atoms. The molecule has 0 heterocycles. The van der Waals surface area contributed by atoms with Crippen molar-refractivity contribution < 1.29 is 4.79 Å². The molecule has 0 unspecified atom stereocenters. The van der Waals surface area contributed by atoms with Crippen molar-refractivity contribution >= 4 is 44.9 Å². The molecule has 2 aromatic rings. The predicted molar refractivity (Wildman–Crippen MR) is 83.0 cm³/mol. The van der Waals surface area contributed by atoms with Gasteiger partial charge in [-0.2, -0.15) is 5.26 Å². The monoisotopic (exact) mass is 349 g/mol. The second-order valence-electron chi connectivity index (χ2n) is 3.89. The van der Waals surface area contributed by atoms with Crippen LogP contribution in [0, 0.1) is 11.3 Å². The van der Waals surface area contributed by atoms with E-state index < -0.39 is 6.03 Å². The van der Waals surface area contributed by atoms with Crippen LogP contribution in [0.2, 0.25) is 5.02 Å². The van der Waals surface area contributed by atoms with Crippen molar-refractivity contribution in [3.8, 4) is 6.07 Å². The van der Waals surface area contributed by atoms with Gasteiger partial charge in [-0.3, -0.25) is 0 Å². The van der Waals surface area contributed by atoms with E-state index in [0.29, 0.717) is 22.0 Å². The van der Waals surface area contributed by atoms with E-state index in [1.54, 1.807) is 42.5 Å². The molecule has 2 aromatic carbocycles. The van der Waals surface area contributed by atoms with Crippen LogP contribution >= 0.6 is 27.5 Å². The second kappa shape index (κ2) is 6.42. The van der Waals surface area contributed by atoms with Crippen molar-refractivity contribution in [1.29, 1.82) is 5.26 Å². The smallest absolute Gasteiger partial charge is 0.308 e. The van der Waals surface area contributed by atoms with Gasteiger partial charge in [0.2, 0.25) is 0 Å². The molecule has 20 heavy (non-hydrogen) atoms. The fourth-order valence-electron chi connectivity index (χ4n) is 1.51. The van der Waals surface area contributed by atoms with Crippen molar-refractivity contribution in [2.45, 2.75) is 0 Å². The molecule has 2 N–H and O–H groups in total. The maximum atomic E-state index is 11.8. The highest BCUT2D eigenvalue weighted by atomic mass is 79.9. The molecule has 0 aliphatic carbocycles. The first kappa shape index (κ1) is 14.4. The fourth-order valence-corrected chi connectivity index (χ4v) is 2.02.